The molecular weight excluding hydrogens is 362 g/mol. The van der Waals surface area contributed by atoms with Gasteiger partial charge in [-0.1, -0.05) is 12.1 Å². The van der Waals surface area contributed by atoms with Crippen molar-refractivity contribution in [1.82, 2.24) is 0 Å². The van der Waals surface area contributed by atoms with Crippen molar-refractivity contribution < 1.29 is 28.5 Å². The second-order valence-corrected chi connectivity index (χ2v) is 9.05. The molecule has 1 aliphatic rings. The number of esters is 2. The summed E-state index contributed by atoms with van der Waals surface area (Å²) in [5, 5.41) is 0. The number of carbonyl (C=O) groups is 2. The normalized spacial score (nSPS) is 16.1. The Balaban J connectivity index is 2.47. The van der Waals surface area contributed by atoms with Crippen molar-refractivity contribution in [3.63, 3.8) is 0 Å². The van der Waals surface area contributed by atoms with Gasteiger partial charge in [-0.25, -0.2) is 0 Å². The second kappa shape index (κ2) is 7.72. The minimum Gasteiger partial charge on any atom is -0.459 e. The van der Waals surface area contributed by atoms with Crippen LogP contribution in [0.5, 0.6) is 0 Å². The Morgan fingerprint density at radius 2 is 1.39 bits per heavy atom. The van der Waals surface area contributed by atoms with Gasteiger partial charge in [0.15, 0.2) is 11.7 Å². The van der Waals surface area contributed by atoms with Crippen LogP contribution in [-0.4, -0.2) is 36.4 Å². The maximum absolute atomic E-state index is 13.0. The standard InChI is InChI=1S/C21H31NO6/c1-19(2,3)27-17(23)21(7,18(24)28-20(4,5)6)13-8-9-14(15(22)12-13)16-25-10-11-26-16/h8-9,12,16H,10-11,22H2,1-7H3. The Morgan fingerprint density at radius 3 is 1.79 bits per heavy atom. The first-order valence-corrected chi connectivity index (χ1v) is 9.34. The predicted molar refractivity (Wildman–Crippen MR) is 105 cm³/mol. The molecule has 0 amide bonds. The Bertz CT molecular complexity index is 710. The zero-order valence-corrected chi connectivity index (χ0v) is 17.8. The van der Waals surface area contributed by atoms with Crippen LogP contribution >= 0.6 is 0 Å². The van der Waals surface area contributed by atoms with E-state index in [9.17, 15) is 9.59 Å². The number of hydrogen-bond donors (Lipinski definition) is 1. The first-order chi connectivity index (χ1) is 12.7. The van der Waals surface area contributed by atoms with E-state index in [0.29, 0.717) is 30.0 Å². The van der Waals surface area contributed by atoms with Crippen LogP contribution in [0.15, 0.2) is 18.2 Å². The molecule has 0 aromatic heterocycles. The van der Waals surface area contributed by atoms with E-state index in [4.69, 9.17) is 24.7 Å². The molecular formula is C21H31NO6. The van der Waals surface area contributed by atoms with E-state index in [0.717, 1.165) is 0 Å². The highest BCUT2D eigenvalue weighted by Crippen LogP contribution is 2.35. The van der Waals surface area contributed by atoms with Crippen LogP contribution in [0.4, 0.5) is 5.69 Å². The molecule has 0 atom stereocenters. The lowest BCUT2D eigenvalue weighted by Crippen LogP contribution is -2.48. The third-order valence-electron chi connectivity index (χ3n) is 4.15. The summed E-state index contributed by atoms with van der Waals surface area (Å²) in [7, 11) is 0. The summed E-state index contributed by atoms with van der Waals surface area (Å²) in [6, 6.07) is 4.94. The van der Waals surface area contributed by atoms with Gasteiger partial charge in [0.25, 0.3) is 0 Å². The molecule has 7 heteroatoms. The zero-order valence-electron chi connectivity index (χ0n) is 17.8. The van der Waals surface area contributed by atoms with Gasteiger partial charge < -0.3 is 24.7 Å². The van der Waals surface area contributed by atoms with Crippen molar-refractivity contribution in [3.8, 4) is 0 Å². The first-order valence-electron chi connectivity index (χ1n) is 9.34. The molecule has 0 saturated carbocycles. The topological polar surface area (TPSA) is 97.1 Å². The van der Waals surface area contributed by atoms with Crippen molar-refractivity contribution >= 4 is 17.6 Å². The summed E-state index contributed by atoms with van der Waals surface area (Å²) in [6.45, 7) is 12.9. The highest BCUT2D eigenvalue weighted by Gasteiger charge is 2.49. The molecule has 0 aliphatic carbocycles. The summed E-state index contributed by atoms with van der Waals surface area (Å²) >= 11 is 0. The lowest BCUT2D eigenvalue weighted by atomic mass is 9.81. The van der Waals surface area contributed by atoms with Gasteiger partial charge in [-0.05, 0) is 60.1 Å². The zero-order chi connectivity index (χ0) is 21.3. The molecule has 0 unspecified atom stereocenters. The lowest BCUT2D eigenvalue weighted by Gasteiger charge is -2.33. The summed E-state index contributed by atoms with van der Waals surface area (Å²) in [5.74, 6) is -1.40. The number of nitrogens with two attached hydrogens (primary N) is 1. The molecule has 1 aliphatic heterocycles. The molecule has 2 rings (SSSR count). The number of hydrogen-bond acceptors (Lipinski definition) is 7. The van der Waals surface area contributed by atoms with Gasteiger partial charge in [0.2, 0.25) is 0 Å². The second-order valence-electron chi connectivity index (χ2n) is 9.05. The number of anilines is 1. The van der Waals surface area contributed by atoms with Gasteiger partial charge in [-0.3, -0.25) is 9.59 Å². The molecule has 156 valence electrons. The smallest absolute Gasteiger partial charge is 0.328 e. The van der Waals surface area contributed by atoms with E-state index in [2.05, 4.69) is 0 Å². The van der Waals surface area contributed by atoms with Crippen molar-refractivity contribution in [2.75, 3.05) is 18.9 Å². The maximum Gasteiger partial charge on any atom is 0.328 e. The summed E-state index contributed by atoms with van der Waals surface area (Å²) in [4.78, 5) is 26.1. The van der Waals surface area contributed by atoms with E-state index in [1.807, 2.05) is 0 Å². The van der Waals surface area contributed by atoms with Crippen molar-refractivity contribution in [3.05, 3.63) is 29.3 Å². The van der Waals surface area contributed by atoms with Gasteiger partial charge in [0, 0.05) is 11.3 Å². The third-order valence-corrected chi connectivity index (χ3v) is 4.15. The number of nitrogen functional groups attached to an aromatic ring is 1. The molecule has 1 aromatic carbocycles. The van der Waals surface area contributed by atoms with Gasteiger partial charge in [-0.15, -0.1) is 0 Å². The van der Waals surface area contributed by atoms with Crippen LogP contribution in [0.25, 0.3) is 0 Å². The quantitative estimate of drug-likeness (QED) is 0.476. The molecule has 1 heterocycles. The van der Waals surface area contributed by atoms with Gasteiger partial charge in [0.05, 0.1) is 13.2 Å². The molecule has 28 heavy (non-hydrogen) atoms. The van der Waals surface area contributed by atoms with Crippen LogP contribution in [0.1, 0.15) is 65.9 Å². The minimum atomic E-state index is -1.68. The molecule has 0 bridgehead atoms. The summed E-state index contributed by atoms with van der Waals surface area (Å²) in [5.41, 5.74) is 4.38. The molecule has 7 nitrogen and oxygen atoms in total. The van der Waals surface area contributed by atoms with Gasteiger partial charge in [-0.2, -0.15) is 0 Å². The van der Waals surface area contributed by atoms with Crippen LogP contribution in [0.3, 0.4) is 0 Å². The minimum absolute atomic E-state index is 0.364. The fraction of sp³-hybridized carbons (Fsp3) is 0.619. The van der Waals surface area contributed by atoms with E-state index in [-0.39, 0.29) is 0 Å². The first kappa shape index (κ1) is 22.2. The van der Waals surface area contributed by atoms with Crippen LogP contribution < -0.4 is 5.73 Å². The number of benzene rings is 1. The third kappa shape index (κ3) is 5.02. The van der Waals surface area contributed by atoms with E-state index < -0.39 is 34.8 Å². The molecule has 2 N–H and O–H groups in total. The van der Waals surface area contributed by atoms with Crippen LogP contribution in [-0.2, 0) is 34.0 Å². The number of ether oxygens (including phenoxy) is 4. The molecule has 1 fully saturated rings. The summed E-state index contributed by atoms with van der Waals surface area (Å²) < 4.78 is 22.0. The van der Waals surface area contributed by atoms with Gasteiger partial charge in [0.1, 0.15) is 11.2 Å². The van der Waals surface area contributed by atoms with E-state index in [1.165, 1.54) is 6.92 Å². The number of rotatable bonds is 4. The van der Waals surface area contributed by atoms with Crippen molar-refractivity contribution in [2.24, 2.45) is 0 Å². The van der Waals surface area contributed by atoms with E-state index >= 15 is 0 Å². The largest absolute Gasteiger partial charge is 0.459 e. The molecule has 1 aromatic rings. The Morgan fingerprint density at radius 1 is 0.929 bits per heavy atom. The lowest BCUT2D eigenvalue weighted by molar-refractivity contribution is -0.176. The molecule has 0 spiro atoms. The van der Waals surface area contributed by atoms with Crippen LogP contribution in [0.2, 0.25) is 0 Å². The summed E-state index contributed by atoms with van der Waals surface area (Å²) in [6.07, 6.45) is -0.552. The van der Waals surface area contributed by atoms with Crippen molar-refractivity contribution in [1.29, 1.82) is 0 Å². The van der Waals surface area contributed by atoms with Crippen molar-refractivity contribution in [2.45, 2.75) is 71.4 Å². The Labute approximate surface area is 166 Å². The SMILES string of the molecule is CC(C)(C)OC(=O)C(C)(C(=O)OC(C)(C)C)c1ccc(C2OCCO2)c(N)c1. The number of carbonyl (C=O) groups excluding carboxylic acids is 2. The fourth-order valence-electron chi connectivity index (χ4n) is 2.72. The molecule has 0 radical (unpaired) electrons. The Hall–Kier alpha value is -2.12. The fourth-order valence-corrected chi connectivity index (χ4v) is 2.72. The average molecular weight is 393 g/mol. The highest BCUT2D eigenvalue weighted by atomic mass is 16.7. The van der Waals surface area contributed by atoms with Gasteiger partial charge >= 0.3 is 11.9 Å². The Kier molecular flexibility index (Phi) is 6.11. The highest BCUT2D eigenvalue weighted by molar-refractivity contribution is 6.06. The average Bonchev–Trinajstić information content (AvgIpc) is 3.04. The monoisotopic (exact) mass is 393 g/mol. The predicted octanol–water partition coefficient (Wildman–Crippen LogP) is 3.26. The maximum atomic E-state index is 13.0. The van der Waals surface area contributed by atoms with Crippen LogP contribution in [0, 0.1) is 0 Å². The molecule has 1 saturated heterocycles. The van der Waals surface area contributed by atoms with E-state index in [1.54, 1.807) is 59.7 Å².